The van der Waals surface area contributed by atoms with Crippen LogP contribution in [0.5, 0.6) is 0 Å². The molecule has 0 spiro atoms. The second kappa shape index (κ2) is 6.05. The molecule has 7 heteroatoms. The van der Waals surface area contributed by atoms with E-state index >= 15 is 0 Å². The van der Waals surface area contributed by atoms with E-state index in [0.29, 0.717) is 29.6 Å². The fraction of sp³-hybridized carbons (Fsp3) is 0.333. The molecule has 3 aromatic rings. The average molecular weight is 300 g/mol. The summed E-state index contributed by atoms with van der Waals surface area (Å²) >= 11 is 0. The molecule has 1 unspecified atom stereocenters. The van der Waals surface area contributed by atoms with Crippen molar-refractivity contribution in [3.8, 4) is 0 Å². The van der Waals surface area contributed by atoms with Gasteiger partial charge in [0, 0.05) is 6.04 Å². The largest absolute Gasteiger partial charge is 0.366 e. The molecule has 0 aliphatic heterocycles. The van der Waals surface area contributed by atoms with E-state index in [9.17, 15) is 4.39 Å². The van der Waals surface area contributed by atoms with Crippen molar-refractivity contribution in [2.24, 2.45) is 0 Å². The zero-order valence-electron chi connectivity index (χ0n) is 12.5. The Balaban J connectivity index is 1.91. The van der Waals surface area contributed by atoms with Crippen LogP contribution in [0.2, 0.25) is 0 Å². The van der Waals surface area contributed by atoms with Crippen LogP contribution >= 0.6 is 0 Å². The number of anilines is 1. The second-order valence-electron chi connectivity index (χ2n) is 5.22. The highest BCUT2D eigenvalue weighted by Crippen LogP contribution is 2.18. The van der Waals surface area contributed by atoms with E-state index in [1.165, 1.54) is 18.5 Å². The molecule has 2 heterocycles. The van der Waals surface area contributed by atoms with Gasteiger partial charge in [0.05, 0.1) is 6.54 Å². The third-order valence-electron chi connectivity index (χ3n) is 3.54. The molecular weight excluding hydrogens is 283 g/mol. The summed E-state index contributed by atoms with van der Waals surface area (Å²) in [4.78, 5) is 8.50. The van der Waals surface area contributed by atoms with Gasteiger partial charge in [-0.1, -0.05) is 24.3 Å². The van der Waals surface area contributed by atoms with E-state index < -0.39 is 0 Å². The summed E-state index contributed by atoms with van der Waals surface area (Å²) in [6.07, 6.45) is 2.48. The average Bonchev–Trinajstić information content (AvgIpc) is 2.94. The molecule has 1 atom stereocenters. The lowest BCUT2D eigenvalue weighted by atomic mass is 10.2. The van der Waals surface area contributed by atoms with Gasteiger partial charge in [0.15, 0.2) is 17.0 Å². The Morgan fingerprint density at radius 3 is 2.73 bits per heavy atom. The molecule has 22 heavy (non-hydrogen) atoms. The molecule has 3 rings (SSSR count). The van der Waals surface area contributed by atoms with Crippen LogP contribution in [0.4, 0.5) is 10.2 Å². The molecule has 1 N–H and O–H groups in total. The summed E-state index contributed by atoms with van der Waals surface area (Å²) in [6, 6.07) is 6.60. The van der Waals surface area contributed by atoms with Crippen molar-refractivity contribution >= 4 is 17.0 Å². The first-order chi connectivity index (χ1) is 10.7. The Morgan fingerprint density at radius 2 is 2.00 bits per heavy atom. The van der Waals surface area contributed by atoms with Crippen molar-refractivity contribution in [1.29, 1.82) is 0 Å². The maximum atomic E-state index is 13.0. The zero-order chi connectivity index (χ0) is 15.5. The third kappa shape index (κ3) is 2.88. The van der Waals surface area contributed by atoms with Crippen LogP contribution in [0.25, 0.3) is 11.2 Å². The van der Waals surface area contributed by atoms with Crippen molar-refractivity contribution in [2.45, 2.75) is 32.9 Å². The summed E-state index contributed by atoms with van der Waals surface area (Å²) in [5.74, 6) is 0.430. The van der Waals surface area contributed by atoms with Crippen LogP contribution in [0.1, 0.15) is 25.8 Å². The topological polar surface area (TPSA) is 68.5 Å². The minimum atomic E-state index is -0.255. The lowest BCUT2D eigenvalue weighted by Crippen LogP contribution is -2.15. The summed E-state index contributed by atoms with van der Waals surface area (Å²) in [5.41, 5.74) is 2.23. The Morgan fingerprint density at radius 1 is 1.23 bits per heavy atom. The van der Waals surface area contributed by atoms with E-state index in [4.69, 9.17) is 0 Å². The maximum Gasteiger partial charge on any atom is 0.184 e. The summed E-state index contributed by atoms with van der Waals surface area (Å²) in [5, 5.41) is 11.6. The molecule has 6 nitrogen and oxygen atoms in total. The summed E-state index contributed by atoms with van der Waals surface area (Å²) in [7, 11) is 0. The molecule has 1 aromatic carbocycles. The molecule has 0 aliphatic rings. The van der Waals surface area contributed by atoms with Gasteiger partial charge in [0.2, 0.25) is 0 Å². The van der Waals surface area contributed by atoms with E-state index in [1.807, 2.05) is 0 Å². The molecule has 0 radical (unpaired) electrons. The van der Waals surface area contributed by atoms with Crippen molar-refractivity contribution < 1.29 is 4.39 Å². The number of hydrogen-bond acceptors (Lipinski definition) is 5. The SMILES string of the molecule is CCC(C)Nc1ncnc2c1nnn2Cc1ccc(F)cc1. The monoisotopic (exact) mass is 300 g/mol. The van der Waals surface area contributed by atoms with Crippen LogP contribution in [0, 0.1) is 5.82 Å². The van der Waals surface area contributed by atoms with Crippen LogP contribution in [0.15, 0.2) is 30.6 Å². The van der Waals surface area contributed by atoms with Crippen LogP contribution < -0.4 is 5.32 Å². The van der Waals surface area contributed by atoms with E-state index in [2.05, 4.69) is 39.4 Å². The van der Waals surface area contributed by atoms with Gasteiger partial charge in [0.25, 0.3) is 0 Å². The second-order valence-corrected chi connectivity index (χ2v) is 5.22. The van der Waals surface area contributed by atoms with E-state index in [1.54, 1.807) is 16.8 Å². The van der Waals surface area contributed by atoms with Crippen molar-refractivity contribution in [2.75, 3.05) is 5.32 Å². The minimum Gasteiger partial charge on any atom is -0.366 e. The van der Waals surface area contributed by atoms with E-state index in [-0.39, 0.29) is 5.82 Å². The summed E-state index contributed by atoms with van der Waals surface area (Å²) < 4.78 is 14.6. The Kier molecular flexibility index (Phi) is 3.95. The molecule has 114 valence electrons. The number of halogens is 1. The highest BCUT2D eigenvalue weighted by Gasteiger charge is 2.13. The Hall–Kier alpha value is -2.57. The number of hydrogen-bond donors (Lipinski definition) is 1. The van der Waals surface area contributed by atoms with Gasteiger partial charge < -0.3 is 5.32 Å². The van der Waals surface area contributed by atoms with Crippen LogP contribution in [-0.2, 0) is 6.54 Å². The standard InChI is InChI=1S/C15H17FN6/c1-3-10(2)19-14-13-15(18-9-17-14)22(21-20-13)8-11-4-6-12(16)7-5-11/h4-7,9-10H,3,8H2,1-2H3,(H,17,18,19). The van der Waals surface area contributed by atoms with Gasteiger partial charge in [-0.2, -0.15) is 0 Å². The zero-order valence-corrected chi connectivity index (χ0v) is 12.5. The number of nitrogens with one attached hydrogen (secondary N) is 1. The first-order valence-corrected chi connectivity index (χ1v) is 7.22. The van der Waals surface area contributed by atoms with Gasteiger partial charge in [-0.25, -0.2) is 19.0 Å². The quantitative estimate of drug-likeness (QED) is 0.784. The normalized spacial score (nSPS) is 12.5. The van der Waals surface area contributed by atoms with Crippen molar-refractivity contribution in [3.05, 3.63) is 42.0 Å². The number of benzene rings is 1. The Bertz CT molecular complexity index is 767. The fourth-order valence-corrected chi connectivity index (χ4v) is 2.10. The number of aromatic nitrogens is 5. The lowest BCUT2D eigenvalue weighted by molar-refractivity contribution is 0.623. The Labute approximate surface area is 127 Å². The van der Waals surface area contributed by atoms with E-state index in [0.717, 1.165) is 12.0 Å². The molecule has 2 aromatic heterocycles. The predicted octanol–water partition coefficient (Wildman–Crippen LogP) is 2.62. The predicted molar refractivity (Wildman–Crippen MR) is 82.0 cm³/mol. The third-order valence-corrected chi connectivity index (χ3v) is 3.54. The molecule has 0 saturated carbocycles. The highest BCUT2D eigenvalue weighted by molar-refractivity contribution is 5.81. The fourth-order valence-electron chi connectivity index (χ4n) is 2.10. The number of fused-ring (bicyclic) bond motifs is 1. The highest BCUT2D eigenvalue weighted by atomic mass is 19.1. The van der Waals surface area contributed by atoms with Gasteiger partial charge in [0.1, 0.15) is 12.1 Å². The van der Waals surface area contributed by atoms with Gasteiger partial charge in [-0.05, 0) is 31.0 Å². The van der Waals surface area contributed by atoms with Crippen molar-refractivity contribution in [1.82, 2.24) is 25.0 Å². The minimum absolute atomic E-state index is 0.255. The van der Waals surface area contributed by atoms with Crippen molar-refractivity contribution in [3.63, 3.8) is 0 Å². The van der Waals surface area contributed by atoms with Gasteiger partial charge >= 0.3 is 0 Å². The molecule has 0 bridgehead atoms. The van der Waals surface area contributed by atoms with Gasteiger partial charge in [-0.3, -0.25) is 0 Å². The summed E-state index contributed by atoms with van der Waals surface area (Å²) in [6.45, 7) is 4.66. The molecule has 0 aliphatic carbocycles. The van der Waals surface area contributed by atoms with Gasteiger partial charge in [-0.15, -0.1) is 5.10 Å². The molecule has 0 amide bonds. The number of rotatable bonds is 5. The molecule has 0 saturated heterocycles. The smallest absolute Gasteiger partial charge is 0.184 e. The first-order valence-electron chi connectivity index (χ1n) is 7.22. The first kappa shape index (κ1) is 14.4. The number of nitrogens with zero attached hydrogens (tertiary/aromatic N) is 5. The van der Waals surface area contributed by atoms with Crippen LogP contribution in [-0.4, -0.2) is 31.0 Å². The molecule has 0 fully saturated rings. The lowest BCUT2D eigenvalue weighted by Gasteiger charge is -2.11. The van der Waals surface area contributed by atoms with Crippen LogP contribution in [0.3, 0.4) is 0 Å². The maximum absolute atomic E-state index is 13.0. The molecular formula is C15H17FN6.